The zero-order valence-electron chi connectivity index (χ0n) is 21.4. The number of hydrogen-bond acceptors (Lipinski definition) is 7. The monoisotopic (exact) mass is 523 g/mol. The van der Waals surface area contributed by atoms with Crippen molar-refractivity contribution < 1.29 is 14.0 Å². The minimum Gasteiger partial charge on any atom is -0.387 e. The summed E-state index contributed by atoms with van der Waals surface area (Å²) in [5.41, 5.74) is 5.99. The van der Waals surface area contributed by atoms with Gasteiger partial charge in [0.25, 0.3) is 5.89 Å². The van der Waals surface area contributed by atoms with E-state index < -0.39 is 6.10 Å². The van der Waals surface area contributed by atoms with Gasteiger partial charge >= 0.3 is 0 Å². The number of benzene rings is 3. The highest BCUT2D eigenvalue weighted by Gasteiger charge is 2.10. The number of rotatable bonds is 12. The van der Waals surface area contributed by atoms with E-state index in [9.17, 15) is 9.50 Å². The first-order valence-corrected chi connectivity index (χ1v) is 12.9. The average molecular weight is 524 g/mol. The molecule has 0 amide bonds. The van der Waals surface area contributed by atoms with Gasteiger partial charge in [0, 0.05) is 48.7 Å². The molecular weight excluding hydrogens is 493 g/mol. The summed E-state index contributed by atoms with van der Waals surface area (Å²) in [7, 11) is 0. The van der Waals surface area contributed by atoms with E-state index >= 15 is 0 Å². The molecular formula is C31H30FN5O2. The summed E-state index contributed by atoms with van der Waals surface area (Å²) in [6, 6.07) is 26.4. The Labute approximate surface area is 226 Å². The highest BCUT2D eigenvalue weighted by Crippen LogP contribution is 2.20. The molecule has 1 atom stereocenters. The van der Waals surface area contributed by atoms with Crippen molar-refractivity contribution in [1.82, 2.24) is 20.4 Å². The van der Waals surface area contributed by atoms with Crippen molar-refractivity contribution in [3.63, 3.8) is 0 Å². The molecule has 0 unspecified atom stereocenters. The van der Waals surface area contributed by atoms with E-state index in [1.165, 1.54) is 17.7 Å². The van der Waals surface area contributed by atoms with Crippen LogP contribution in [0.5, 0.6) is 0 Å². The van der Waals surface area contributed by atoms with Gasteiger partial charge < -0.3 is 20.3 Å². The van der Waals surface area contributed by atoms with Gasteiger partial charge in [-0.3, -0.25) is 4.98 Å². The van der Waals surface area contributed by atoms with E-state index in [4.69, 9.17) is 4.52 Å². The van der Waals surface area contributed by atoms with Crippen molar-refractivity contribution in [1.29, 1.82) is 0 Å². The molecule has 0 bridgehead atoms. The van der Waals surface area contributed by atoms with Gasteiger partial charge in [0.1, 0.15) is 5.82 Å². The van der Waals surface area contributed by atoms with Gasteiger partial charge in [0.05, 0.1) is 6.10 Å². The number of nitrogens with one attached hydrogen (secondary N) is 2. The van der Waals surface area contributed by atoms with Crippen molar-refractivity contribution in [3.8, 4) is 11.5 Å². The first kappa shape index (κ1) is 26.2. The number of aromatic nitrogens is 3. The molecule has 0 spiro atoms. The van der Waals surface area contributed by atoms with Gasteiger partial charge in [-0.25, -0.2) is 4.39 Å². The zero-order chi connectivity index (χ0) is 26.9. The molecule has 0 saturated carbocycles. The maximum Gasteiger partial charge on any atom is 0.257 e. The summed E-state index contributed by atoms with van der Waals surface area (Å²) < 4.78 is 18.5. The number of anilines is 1. The molecule has 0 aliphatic heterocycles. The molecule has 0 saturated heterocycles. The van der Waals surface area contributed by atoms with E-state index in [-0.39, 0.29) is 5.82 Å². The fourth-order valence-electron chi connectivity index (χ4n) is 4.15. The highest BCUT2D eigenvalue weighted by molar-refractivity contribution is 5.54. The maximum absolute atomic E-state index is 13.1. The van der Waals surface area contributed by atoms with Crippen molar-refractivity contribution in [2.75, 3.05) is 18.4 Å². The molecule has 3 aromatic carbocycles. The Kier molecular flexibility index (Phi) is 8.68. The number of halogens is 1. The van der Waals surface area contributed by atoms with Crippen LogP contribution in [0.15, 0.2) is 102 Å². The Morgan fingerprint density at radius 2 is 1.62 bits per heavy atom. The molecule has 8 heteroatoms. The summed E-state index contributed by atoms with van der Waals surface area (Å²) in [5.74, 6) is 0.755. The first-order chi connectivity index (χ1) is 19.1. The SMILES string of the molecule is O[C@@H](CNCCc1ccc(NCc2ccc(-c3nc(Cc4ccc(F)cc4)no3)cc2)cc1)c1cccnc1. The Morgan fingerprint density at radius 1 is 0.872 bits per heavy atom. The second-order valence-electron chi connectivity index (χ2n) is 9.32. The van der Waals surface area contributed by atoms with Crippen LogP contribution in [0.2, 0.25) is 0 Å². The number of pyridine rings is 1. The summed E-state index contributed by atoms with van der Waals surface area (Å²) in [5, 5.41) is 21.0. The normalized spacial score (nSPS) is 11.8. The summed E-state index contributed by atoms with van der Waals surface area (Å²) in [6.45, 7) is 1.96. The van der Waals surface area contributed by atoms with Crippen LogP contribution in [0, 0.1) is 5.82 Å². The summed E-state index contributed by atoms with van der Waals surface area (Å²) in [4.78, 5) is 8.52. The quantitative estimate of drug-likeness (QED) is 0.190. The molecule has 5 rings (SSSR count). The minimum absolute atomic E-state index is 0.266. The van der Waals surface area contributed by atoms with E-state index in [1.807, 2.05) is 36.4 Å². The van der Waals surface area contributed by atoms with Gasteiger partial charge in [0.2, 0.25) is 0 Å². The highest BCUT2D eigenvalue weighted by atomic mass is 19.1. The van der Waals surface area contributed by atoms with Crippen molar-refractivity contribution in [2.24, 2.45) is 0 Å². The number of nitrogens with zero attached hydrogens (tertiary/aromatic N) is 3. The van der Waals surface area contributed by atoms with Crippen molar-refractivity contribution >= 4 is 5.69 Å². The average Bonchev–Trinajstić information content (AvgIpc) is 3.45. The fourth-order valence-corrected chi connectivity index (χ4v) is 4.15. The predicted molar refractivity (Wildman–Crippen MR) is 148 cm³/mol. The van der Waals surface area contributed by atoms with Gasteiger partial charge in [-0.05, 0) is 72.1 Å². The Hall–Kier alpha value is -4.40. The summed E-state index contributed by atoms with van der Waals surface area (Å²) in [6.07, 6.45) is 4.19. The van der Waals surface area contributed by atoms with Crippen LogP contribution in [0.1, 0.15) is 34.2 Å². The van der Waals surface area contributed by atoms with E-state index in [0.29, 0.717) is 31.2 Å². The molecule has 2 aromatic heterocycles. The molecule has 0 fully saturated rings. The van der Waals surface area contributed by atoms with Crippen molar-refractivity contribution in [2.45, 2.75) is 25.5 Å². The zero-order valence-corrected chi connectivity index (χ0v) is 21.4. The predicted octanol–water partition coefficient (Wildman–Crippen LogP) is 5.34. The van der Waals surface area contributed by atoms with Gasteiger partial charge in [-0.1, -0.05) is 47.6 Å². The van der Waals surface area contributed by atoms with Crippen LogP contribution in [-0.2, 0) is 19.4 Å². The van der Waals surface area contributed by atoms with Crippen LogP contribution in [0.25, 0.3) is 11.5 Å². The van der Waals surface area contributed by atoms with Crippen LogP contribution < -0.4 is 10.6 Å². The molecule has 0 radical (unpaired) electrons. The molecule has 5 aromatic rings. The molecule has 0 aliphatic rings. The third kappa shape index (κ3) is 7.56. The maximum atomic E-state index is 13.1. The van der Waals surface area contributed by atoms with E-state index in [1.54, 1.807) is 24.5 Å². The lowest BCUT2D eigenvalue weighted by molar-refractivity contribution is 0.174. The van der Waals surface area contributed by atoms with Crippen LogP contribution in [0.3, 0.4) is 0 Å². The molecule has 39 heavy (non-hydrogen) atoms. The molecule has 3 N–H and O–H groups in total. The van der Waals surface area contributed by atoms with Gasteiger partial charge in [0.15, 0.2) is 5.82 Å². The Bertz CT molecular complexity index is 1440. The standard InChI is InChI=1S/C31H30FN5O2/c32-27-11-5-23(6-12-27)18-30-36-31(39-37-30)25-9-3-24(4-10-25)19-35-28-13-7-22(8-14-28)15-17-34-21-29(38)26-2-1-16-33-20-26/h1-14,16,20,29,34-35,38H,15,17-19,21H2/t29-/m0/s1. The van der Waals surface area contributed by atoms with E-state index in [2.05, 4.69) is 50.0 Å². The third-order valence-electron chi connectivity index (χ3n) is 6.39. The van der Waals surface area contributed by atoms with Gasteiger partial charge in [-0.2, -0.15) is 4.98 Å². The number of hydrogen-bond donors (Lipinski definition) is 3. The lowest BCUT2D eigenvalue weighted by Crippen LogP contribution is -2.23. The largest absolute Gasteiger partial charge is 0.387 e. The van der Waals surface area contributed by atoms with Crippen LogP contribution in [-0.4, -0.2) is 33.3 Å². The fraction of sp³-hybridized carbons (Fsp3) is 0.194. The van der Waals surface area contributed by atoms with E-state index in [0.717, 1.165) is 40.9 Å². The lowest BCUT2D eigenvalue weighted by atomic mass is 10.1. The molecule has 2 heterocycles. The molecule has 0 aliphatic carbocycles. The van der Waals surface area contributed by atoms with Crippen LogP contribution >= 0.6 is 0 Å². The smallest absolute Gasteiger partial charge is 0.257 e. The Morgan fingerprint density at radius 3 is 2.36 bits per heavy atom. The first-order valence-electron chi connectivity index (χ1n) is 12.9. The lowest BCUT2D eigenvalue weighted by Gasteiger charge is -2.12. The molecule has 7 nitrogen and oxygen atoms in total. The van der Waals surface area contributed by atoms with Crippen molar-refractivity contribution in [3.05, 3.63) is 131 Å². The minimum atomic E-state index is -0.559. The topological polar surface area (TPSA) is 96.1 Å². The second-order valence-corrected chi connectivity index (χ2v) is 9.32. The molecule has 198 valence electrons. The van der Waals surface area contributed by atoms with Gasteiger partial charge in [-0.15, -0.1) is 0 Å². The number of aliphatic hydroxyl groups is 1. The number of aliphatic hydroxyl groups excluding tert-OH is 1. The second kappa shape index (κ2) is 12.9. The van der Waals surface area contributed by atoms with Crippen LogP contribution in [0.4, 0.5) is 10.1 Å². The Balaban J connectivity index is 1.05. The summed E-state index contributed by atoms with van der Waals surface area (Å²) >= 11 is 0. The third-order valence-corrected chi connectivity index (χ3v) is 6.39.